The maximum Gasteiger partial charge on any atom is 0.471 e. The Morgan fingerprint density at radius 2 is 1.00 bits per heavy atom. The molecule has 1 amide bonds. The van der Waals surface area contributed by atoms with E-state index in [0.717, 1.165) is 4.90 Å². The number of alkyl halides is 6. The van der Waals surface area contributed by atoms with Crippen molar-refractivity contribution in [2.24, 2.45) is 0 Å². The maximum atomic E-state index is 13.0. The van der Waals surface area contributed by atoms with Crippen molar-refractivity contribution in [2.45, 2.75) is 33.1 Å². The number of ether oxygens (including phenoxy) is 3. The third-order valence-corrected chi connectivity index (χ3v) is 4.29. The topological polar surface area (TPSA) is 106 Å². The van der Waals surface area contributed by atoms with E-state index >= 15 is 0 Å². The van der Waals surface area contributed by atoms with Crippen LogP contribution in [0.1, 0.15) is 20.8 Å². The second-order valence-corrected chi connectivity index (χ2v) is 7.24. The molecule has 0 aromatic rings. The molecule has 0 saturated carbocycles. The van der Waals surface area contributed by atoms with E-state index in [9.17, 15) is 45.5 Å². The number of hydrogen-bond donors (Lipinski definition) is 0. The third kappa shape index (κ3) is 15.4. The minimum atomic E-state index is -5.30. The van der Waals surface area contributed by atoms with Crippen LogP contribution < -0.4 is 0 Å². The first-order valence-electron chi connectivity index (χ1n) is 11.0. The van der Waals surface area contributed by atoms with E-state index in [0.29, 0.717) is 4.90 Å². The van der Waals surface area contributed by atoms with Crippen LogP contribution in [0.5, 0.6) is 0 Å². The van der Waals surface area contributed by atoms with Crippen LogP contribution in [-0.2, 0) is 33.4 Å². The molecule has 0 unspecified atom stereocenters. The summed E-state index contributed by atoms with van der Waals surface area (Å²) in [6.45, 7) is -1.49. The van der Waals surface area contributed by atoms with Gasteiger partial charge in [-0.3, -0.25) is 29.0 Å². The van der Waals surface area contributed by atoms with Gasteiger partial charge in [0.25, 0.3) is 0 Å². The normalized spacial score (nSPS) is 12.0. The highest BCUT2D eigenvalue weighted by Crippen LogP contribution is 2.19. The fourth-order valence-corrected chi connectivity index (χ4v) is 2.86. The summed E-state index contributed by atoms with van der Waals surface area (Å²) in [5.74, 6) is -5.16. The molecular formula is C20H31F6N3O7. The average Bonchev–Trinajstić information content (AvgIpc) is 2.72. The number of hydrogen-bond acceptors (Lipinski definition) is 9. The minimum absolute atomic E-state index is 0.0305. The van der Waals surface area contributed by atoms with Gasteiger partial charge in [-0.1, -0.05) is 0 Å². The average molecular weight is 539 g/mol. The maximum absolute atomic E-state index is 13.0. The second-order valence-electron chi connectivity index (χ2n) is 7.24. The van der Waals surface area contributed by atoms with Gasteiger partial charge >= 0.3 is 36.2 Å². The van der Waals surface area contributed by atoms with Crippen molar-refractivity contribution in [1.82, 2.24) is 14.7 Å². The van der Waals surface area contributed by atoms with E-state index in [1.807, 2.05) is 0 Å². The molecule has 210 valence electrons. The number of rotatable bonds is 16. The van der Waals surface area contributed by atoms with Gasteiger partial charge in [0.15, 0.2) is 0 Å². The Kier molecular flexibility index (Phi) is 15.0. The molecule has 0 saturated heterocycles. The molecule has 0 heterocycles. The number of esters is 3. The summed E-state index contributed by atoms with van der Waals surface area (Å²) in [5, 5.41) is 0. The van der Waals surface area contributed by atoms with Crippen LogP contribution in [0, 0.1) is 0 Å². The van der Waals surface area contributed by atoms with E-state index in [1.165, 1.54) is 20.8 Å². The molecule has 0 fully saturated rings. The van der Waals surface area contributed by atoms with Crippen LogP contribution in [0.2, 0.25) is 0 Å². The quantitative estimate of drug-likeness (QED) is 0.163. The first-order chi connectivity index (χ1) is 16.6. The lowest BCUT2D eigenvalue weighted by atomic mass is 10.3. The molecule has 0 spiro atoms. The Morgan fingerprint density at radius 1 is 0.611 bits per heavy atom. The Bertz CT molecular complexity index is 719. The molecule has 0 N–H and O–H groups in total. The standard InChI is InChI=1S/C20H31F6N3O7/c1-4-34-15(30)11-27(7-8-28(14-19(21,22)23)12-16(31)35-5-2)9-10-29(13-17(32)36-6-3)18(33)20(24,25)26/h4-14H2,1-3H3. The van der Waals surface area contributed by atoms with E-state index in [-0.39, 0.29) is 31.3 Å². The van der Waals surface area contributed by atoms with Gasteiger partial charge in [0.2, 0.25) is 0 Å². The lowest BCUT2D eigenvalue weighted by Crippen LogP contribution is -2.49. The molecule has 0 aromatic heterocycles. The van der Waals surface area contributed by atoms with Crippen molar-refractivity contribution < 1.29 is 59.7 Å². The SMILES string of the molecule is CCOC(=O)CN(CCN(CC(=O)OCC)CC(F)(F)F)CCN(CC(=O)OCC)C(=O)C(F)(F)F. The van der Waals surface area contributed by atoms with Gasteiger partial charge in [-0.2, -0.15) is 26.3 Å². The molecule has 0 bridgehead atoms. The van der Waals surface area contributed by atoms with E-state index < -0.39 is 82.0 Å². The van der Waals surface area contributed by atoms with Gasteiger partial charge in [0.1, 0.15) is 6.54 Å². The molecule has 0 rings (SSSR count). The number of halogens is 6. The van der Waals surface area contributed by atoms with Crippen LogP contribution in [-0.4, -0.2) is 123 Å². The number of nitrogens with zero attached hydrogens (tertiary/aromatic N) is 3. The summed E-state index contributed by atoms with van der Waals surface area (Å²) in [7, 11) is 0. The molecule has 0 aliphatic heterocycles. The first kappa shape index (κ1) is 33.4. The van der Waals surface area contributed by atoms with Crippen molar-refractivity contribution in [3.8, 4) is 0 Å². The Morgan fingerprint density at radius 3 is 1.42 bits per heavy atom. The highest BCUT2D eigenvalue weighted by atomic mass is 19.4. The van der Waals surface area contributed by atoms with Crippen LogP contribution in [0.25, 0.3) is 0 Å². The van der Waals surface area contributed by atoms with Crippen molar-refractivity contribution in [1.29, 1.82) is 0 Å². The molecule has 16 heteroatoms. The second kappa shape index (κ2) is 16.2. The Hall–Kier alpha value is -2.62. The predicted molar refractivity (Wildman–Crippen MR) is 111 cm³/mol. The monoisotopic (exact) mass is 539 g/mol. The van der Waals surface area contributed by atoms with Crippen molar-refractivity contribution in [2.75, 3.05) is 72.2 Å². The minimum Gasteiger partial charge on any atom is -0.465 e. The van der Waals surface area contributed by atoms with Crippen molar-refractivity contribution in [3.63, 3.8) is 0 Å². The fourth-order valence-electron chi connectivity index (χ4n) is 2.86. The summed E-state index contributed by atoms with van der Waals surface area (Å²) in [6.07, 6.45) is -9.98. The largest absolute Gasteiger partial charge is 0.471 e. The molecular weight excluding hydrogens is 508 g/mol. The number of carbonyl (C=O) groups excluding carboxylic acids is 4. The van der Waals surface area contributed by atoms with Crippen molar-refractivity contribution in [3.05, 3.63) is 0 Å². The highest BCUT2D eigenvalue weighted by Gasteiger charge is 2.43. The van der Waals surface area contributed by atoms with E-state index in [4.69, 9.17) is 4.74 Å². The van der Waals surface area contributed by atoms with Gasteiger partial charge in [-0.05, 0) is 20.8 Å². The van der Waals surface area contributed by atoms with Crippen molar-refractivity contribution >= 4 is 23.8 Å². The van der Waals surface area contributed by atoms with Gasteiger partial charge in [-0.25, -0.2) is 0 Å². The van der Waals surface area contributed by atoms with Crippen LogP contribution in [0.3, 0.4) is 0 Å². The lowest BCUT2D eigenvalue weighted by Gasteiger charge is -2.29. The molecule has 0 radical (unpaired) electrons. The fraction of sp³-hybridized carbons (Fsp3) is 0.800. The zero-order valence-electron chi connectivity index (χ0n) is 20.2. The van der Waals surface area contributed by atoms with Crippen LogP contribution in [0.4, 0.5) is 26.3 Å². The molecule has 0 aliphatic carbocycles. The zero-order valence-corrected chi connectivity index (χ0v) is 20.2. The van der Waals surface area contributed by atoms with Gasteiger partial charge in [0.05, 0.1) is 39.5 Å². The zero-order chi connectivity index (χ0) is 27.9. The highest BCUT2D eigenvalue weighted by molar-refractivity contribution is 5.85. The summed E-state index contributed by atoms with van der Waals surface area (Å²) < 4.78 is 91.8. The van der Waals surface area contributed by atoms with Gasteiger partial charge in [0, 0.05) is 26.2 Å². The predicted octanol–water partition coefficient (Wildman–Crippen LogP) is 1.23. The van der Waals surface area contributed by atoms with Gasteiger partial charge in [-0.15, -0.1) is 0 Å². The molecule has 0 atom stereocenters. The number of carbonyl (C=O) groups is 4. The number of amides is 1. The van der Waals surface area contributed by atoms with Gasteiger partial charge < -0.3 is 19.1 Å². The first-order valence-corrected chi connectivity index (χ1v) is 11.0. The lowest BCUT2D eigenvalue weighted by molar-refractivity contribution is -0.187. The van der Waals surface area contributed by atoms with Crippen LogP contribution in [0.15, 0.2) is 0 Å². The summed E-state index contributed by atoms with van der Waals surface area (Å²) in [4.78, 5) is 49.0. The van der Waals surface area contributed by atoms with E-state index in [1.54, 1.807) is 0 Å². The molecule has 10 nitrogen and oxygen atoms in total. The molecule has 0 aromatic carbocycles. The molecule has 36 heavy (non-hydrogen) atoms. The summed E-state index contributed by atoms with van der Waals surface area (Å²) >= 11 is 0. The Labute approximate surface area is 204 Å². The van der Waals surface area contributed by atoms with E-state index in [2.05, 4.69) is 9.47 Å². The van der Waals surface area contributed by atoms with Crippen LogP contribution >= 0.6 is 0 Å². The smallest absolute Gasteiger partial charge is 0.465 e. The summed E-state index contributed by atoms with van der Waals surface area (Å²) in [6, 6.07) is 0. The summed E-state index contributed by atoms with van der Waals surface area (Å²) in [5.41, 5.74) is 0. The Balaban J connectivity index is 5.55. The third-order valence-electron chi connectivity index (χ3n) is 4.29. The molecule has 0 aliphatic rings.